The summed E-state index contributed by atoms with van der Waals surface area (Å²) in [5.41, 5.74) is 0. The quantitative estimate of drug-likeness (QED) is 0.708. The lowest BCUT2D eigenvalue weighted by atomic mass is 10.6. The first-order valence-corrected chi connectivity index (χ1v) is 3.59. The molecule has 0 atom stereocenters. The zero-order valence-electron chi connectivity index (χ0n) is 6.73. The van der Waals surface area contributed by atoms with E-state index in [0.717, 1.165) is 0 Å². The van der Waals surface area contributed by atoms with Crippen LogP contribution in [0.3, 0.4) is 0 Å². The molecule has 0 aliphatic carbocycles. The van der Waals surface area contributed by atoms with Crippen LogP contribution in [0.1, 0.15) is 6.92 Å². The number of aromatic nitrogens is 2. The molecule has 0 aliphatic rings. The van der Waals surface area contributed by atoms with Gasteiger partial charge in [0.2, 0.25) is 0 Å². The average molecular weight is 170 g/mol. The molecule has 0 aliphatic heterocycles. The number of carbonyl (C=O) groups is 1. The Labute approximate surface area is 69.6 Å². The highest BCUT2D eigenvalue weighted by Gasteiger charge is 2.01. The predicted molar refractivity (Wildman–Crippen MR) is 41.0 cm³/mol. The first-order valence-electron chi connectivity index (χ1n) is 3.59. The molecule has 1 heterocycles. The Morgan fingerprint density at radius 2 is 2.58 bits per heavy atom. The molecule has 1 rings (SSSR count). The Bertz CT molecular complexity index is 269. The third-order valence-electron chi connectivity index (χ3n) is 1.22. The zero-order valence-corrected chi connectivity index (χ0v) is 6.73. The summed E-state index contributed by atoms with van der Waals surface area (Å²) in [6.45, 7) is 2.28. The molecular formula is C7H10N2O3. The van der Waals surface area contributed by atoms with Crippen LogP contribution in [0.5, 0.6) is 5.75 Å². The van der Waals surface area contributed by atoms with E-state index in [2.05, 4.69) is 5.10 Å². The Balaban J connectivity index is 2.58. The smallest absolute Gasteiger partial charge is 0.325 e. The predicted octanol–water partition coefficient (Wildman–Crippen LogP) is 0.366. The molecule has 1 aromatic rings. The highest BCUT2D eigenvalue weighted by atomic mass is 16.5. The second kappa shape index (κ2) is 3.75. The molecule has 0 bridgehead atoms. The summed E-state index contributed by atoms with van der Waals surface area (Å²) in [6.07, 6.45) is 3.05. The molecule has 0 saturated carbocycles. The SMILES string of the molecule is CCOc1cnn(CC(=O)O)c1. The number of hydrogen-bond donors (Lipinski definition) is 1. The van der Waals surface area contributed by atoms with Crippen molar-refractivity contribution in [3.8, 4) is 5.75 Å². The largest absolute Gasteiger partial charge is 0.491 e. The van der Waals surface area contributed by atoms with Gasteiger partial charge in [-0.25, -0.2) is 0 Å². The standard InChI is InChI=1S/C7H10N2O3/c1-2-12-6-3-8-9(4-6)5-7(10)11/h3-4H,2,5H2,1H3,(H,10,11). The van der Waals surface area contributed by atoms with E-state index in [0.29, 0.717) is 12.4 Å². The van der Waals surface area contributed by atoms with Gasteiger partial charge >= 0.3 is 5.97 Å². The molecule has 1 N–H and O–H groups in total. The van der Waals surface area contributed by atoms with Crippen molar-refractivity contribution in [1.29, 1.82) is 0 Å². The van der Waals surface area contributed by atoms with Crippen molar-refractivity contribution in [2.45, 2.75) is 13.5 Å². The van der Waals surface area contributed by atoms with Crippen LogP contribution < -0.4 is 4.74 Å². The normalized spacial score (nSPS) is 9.75. The summed E-state index contributed by atoms with van der Waals surface area (Å²) >= 11 is 0. The monoisotopic (exact) mass is 170 g/mol. The van der Waals surface area contributed by atoms with Gasteiger partial charge in [0.15, 0.2) is 5.75 Å². The maximum Gasteiger partial charge on any atom is 0.325 e. The molecule has 0 unspecified atom stereocenters. The van der Waals surface area contributed by atoms with E-state index >= 15 is 0 Å². The Hall–Kier alpha value is -1.52. The average Bonchev–Trinajstić information content (AvgIpc) is 2.36. The molecule has 12 heavy (non-hydrogen) atoms. The first kappa shape index (κ1) is 8.58. The van der Waals surface area contributed by atoms with Gasteiger partial charge in [-0.3, -0.25) is 9.48 Å². The van der Waals surface area contributed by atoms with Crippen LogP contribution in [-0.4, -0.2) is 27.5 Å². The van der Waals surface area contributed by atoms with Crippen molar-refractivity contribution in [3.05, 3.63) is 12.4 Å². The second-order valence-electron chi connectivity index (χ2n) is 2.20. The van der Waals surface area contributed by atoms with Crippen LogP contribution in [0.15, 0.2) is 12.4 Å². The maximum absolute atomic E-state index is 10.2. The lowest BCUT2D eigenvalue weighted by molar-refractivity contribution is -0.137. The van der Waals surface area contributed by atoms with Crippen LogP contribution in [0.2, 0.25) is 0 Å². The van der Waals surface area contributed by atoms with E-state index in [1.54, 1.807) is 6.20 Å². The summed E-state index contributed by atoms with van der Waals surface area (Å²) in [6, 6.07) is 0. The molecule has 0 radical (unpaired) electrons. The minimum Gasteiger partial charge on any atom is -0.491 e. The zero-order chi connectivity index (χ0) is 8.97. The van der Waals surface area contributed by atoms with Crippen molar-refractivity contribution >= 4 is 5.97 Å². The van der Waals surface area contributed by atoms with Crippen molar-refractivity contribution in [3.63, 3.8) is 0 Å². The molecule has 66 valence electrons. The number of rotatable bonds is 4. The topological polar surface area (TPSA) is 64.4 Å². The van der Waals surface area contributed by atoms with Gasteiger partial charge in [0.05, 0.1) is 19.0 Å². The third kappa shape index (κ3) is 2.26. The molecule has 5 heteroatoms. The molecule has 0 aromatic carbocycles. The minimum atomic E-state index is -0.916. The molecule has 0 fully saturated rings. The minimum absolute atomic E-state index is 0.132. The third-order valence-corrected chi connectivity index (χ3v) is 1.22. The van der Waals surface area contributed by atoms with Gasteiger partial charge in [0.1, 0.15) is 6.54 Å². The number of carboxylic acids is 1. The highest BCUT2D eigenvalue weighted by molar-refractivity contribution is 5.66. The lowest BCUT2D eigenvalue weighted by Gasteiger charge is -1.95. The fourth-order valence-electron chi connectivity index (χ4n) is 0.811. The Morgan fingerprint density at radius 3 is 3.17 bits per heavy atom. The van der Waals surface area contributed by atoms with E-state index in [1.807, 2.05) is 6.92 Å². The van der Waals surface area contributed by atoms with Crippen molar-refractivity contribution in [1.82, 2.24) is 9.78 Å². The number of carboxylic acid groups (broad SMARTS) is 1. The molecule has 5 nitrogen and oxygen atoms in total. The molecule has 0 saturated heterocycles. The summed E-state index contributed by atoms with van der Waals surface area (Å²) in [4.78, 5) is 10.2. The summed E-state index contributed by atoms with van der Waals surface area (Å²) < 4.78 is 6.40. The van der Waals surface area contributed by atoms with E-state index in [-0.39, 0.29) is 6.54 Å². The van der Waals surface area contributed by atoms with Gasteiger partial charge in [0, 0.05) is 0 Å². The number of aliphatic carboxylic acids is 1. The van der Waals surface area contributed by atoms with Crippen molar-refractivity contribution in [2.24, 2.45) is 0 Å². The molecular weight excluding hydrogens is 160 g/mol. The maximum atomic E-state index is 10.2. The van der Waals surface area contributed by atoms with Gasteiger partial charge < -0.3 is 9.84 Å². The highest BCUT2D eigenvalue weighted by Crippen LogP contribution is 2.07. The van der Waals surface area contributed by atoms with Crippen LogP contribution in [0, 0.1) is 0 Å². The van der Waals surface area contributed by atoms with E-state index in [9.17, 15) is 4.79 Å². The molecule has 1 aromatic heterocycles. The van der Waals surface area contributed by atoms with Gasteiger partial charge in [-0.1, -0.05) is 0 Å². The van der Waals surface area contributed by atoms with Crippen LogP contribution >= 0.6 is 0 Å². The molecule has 0 amide bonds. The summed E-state index contributed by atoms with van der Waals surface area (Å²) in [7, 11) is 0. The van der Waals surface area contributed by atoms with Gasteiger partial charge in [-0.15, -0.1) is 0 Å². The molecule has 0 spiro atoms. The number of hydrogen-bond acceptors (Lipinski definition) is 3. The van der Waals surface area contributed by atoms with E-state index in [1.165, 1.54) is 10.9 Å². The Morgan fingerprint density at radius 1 is 1.83 bits per heavy atom. The summed E-state index contributed by atoms with van der Waals surface area (Å²) in [5, 5.41) is 12.2. The first-order chi connectivity index (χ1) is 5.72. The van der Waals surface area contributed by atoms with E-state index < -0.39 is 5.97 Å². The van der Waals surface area contributed by atoms with E-state index in [4.69, 9.17) is 9.84 Å². The fourth-order valence-corrected chi connectivity index (χ4v) is 0.811. The lowest BCUT2D eigenvalue weighted by Crippen LogP contribution is -2.08. The van der Waals surface area contributed by atoms with Crippen LogP contribution in [0.4, 0.5) is 0 Å². The van der Waals surface area contributed by atoms with Gasteiger partial charge in [-0.05, 0) is 6.92 Å². The van der Waals surface area contributed by atoms with Gasteiger partial charge in [0.25, 0.3) is 0 Å². The van der Waals surface area contributed by atoms with Crippen molar-refractivity contribution < 1.29 is 14.6 Å². The van der Waals surface area contributed by atoms with Crippen molar-refractivity contribution in [2.75, 3.05) is 6.61 Å². The van der Waals surface area contributed by atoms with Crippen LogP contribution in [-0.2, 0) is 11.3 Å². The summed E-state index contributed by atoms with van der Waals surface area (Å²) in [5.74, 6) is -0.320. The number of nitrogens with zero attached hydrogens (tertiary/aromatic N) is 2. The number of ether oxygens (including phenoxy) is 1. The Kier molecular flexibility index (Phi) is 2.68. The fraction of sp³-hybridized carbons (Fsp3) is 0.429. The van der Waals surface area contributed by atoms with Gasteiger partial charge in [-0.2, -0.15) is 5.10 Å². The second-order valence-corrected chi connectivity index (χ2v) is 2.20. The van der Waals surface area contributed by atoms with Crippen LogP contribution in [0.25, 0.3) is 0 Å².